The lowest BCUT2D eigenvalue weighted by Crippen LogP contribution is -2.29. The first kappa shape index (κ1) is 22.7. The Morgan fingerprint density at radius 3 is 2.30 bits per heavy atom. The maximum Gasteiger partial charge on any atom is 0.387 e. The van der Waals surface area contributed by atoms with Gasteiger partial charge in [-0.2, -0.15) is 8.78 Å². The van der Waals surface area contributed by atoms with Crippen molar-refractivity contribution < 1.29 is 26.7 Å². The lowest BCUT2D eigenvalue weighted by Gasteiger charge is -2.21. The zero-order chi connectivity index (χ0) is 23.6. The van der Waals surface area contributed by atoms with Gasteiger partial charge in [-0.1, -0.05) is 42.5 Å². The number of nitrogens with one attached hydrogen (secondary N) is 1. The van der Waals surface area contributed by atoms with Crippen LogP contribution in [0.15, 0.2) is 72.8 Å². The Labute approximate surface area is 190 Å². The number of hydrogen-bond acceptors (Lipinski definition) is 4. The smallest absolute Gasteiger partial charge is 0.387 e. The van der Waals surface area contributed by atoms with Crippen molar-refractivity contribution in [2.45, 2.75) is 19.1 Å². The second-order valence-electron chi connectivity index (χ2n) is 7.69. The zero-order valence-electron chi connectivity index (χ0n) is 17.7. The Morgan fingerprint density at radius 1 is 1.00 bits per heavy atom. The summed E-state index contributed by atoms with van der Waals surface area (Å²) < 4.78 is 54.6. The molecule has 3 aromatic rings. The number of nitrogens with zero attached hydrogens (tertiary/aromatic N) is 1. The molecule has 0 saturated heterocycles. The van der Waals surface area contributed by atoms with Crippen LogP contribution in [-0.4, -0.2) is 33.7 Å². The summed E-state index contributed by atoms with van der Waals surface area (Å²) in [5, 5.41) is 3.00. The Kier molecular flexibility index (Phi) is 6.33. The van der Waals surface area contributed by atoms with E-state index in [1.807, 2.05) is 30.3 Å². The molecular weight excluding hydrogens is 450 g/mol. The second kappa shape index (κ2) is 9.19. The molecule has 172 valence electrons. The molecule has 0 saturated carbocycles. The molecule has 1 amide bonds. The van der Waals surface area contributed by atoms with Gasteiger partial charge in [0.2, 0.25) is 10.0 Å². The quantitative estimate of drug-likeness (QED) is 0.561. The van der Waals surface area contributed by atoms with Crippen molar-refractivity contribution in [2.75, 3.05) is 17.1 Å². The summed E-state index contributed by atoms with van der Waals surface area (Å²) in [5.41, 5.74) is 3.29. The summed E-state index contributed by atoms with van der Waals surface area (Å²) in [5.74, 6) is -0.307. The van der Waals surface area contributed by atoms with E-state index in [1.165, 1.54) is 16.4 Å². The van der Waals surface area contributed by atoms with Crippen LogP contribution in [0.5, 0.6) is 5.75 Å². The molecular formula is C24H22F2N2O4S. The van der Waals surface area contributed by atoms with Crippen LogP contribution < -0.4 is 14.4 Å². The summed E-state index contributed by atoms with van der Waals surface area (Å²) in [6, 6.07) is 19.8. The van der Waals surface area contributed by atoms with Crippen LogP contribution in [0.2, 0.25) is 0 Å². The molecule has 0 radical (unpaired) electrons. The summed E-state index contributed by atoms with van der Waals surface area (Å²) in [6.07, 6.45) is 1.68. The number of rotatable bonds is 7. The minimum atomic E-state index is -3.38. The topological polar surface area (TPSA) is 75.7 Å². The number of carbonyl (C=O) groups excluding carboxylic acids is 1. The maximum atomic E-state index is 13.1. The predicted molar refractivity (Wildman–Crippen MR) is 121 cm³/mol. The number of fused-ring (bicyclic) bond motifs is 1. The molecule has 1 atom stereocenters. The first-order chi connectivity index (χ1) is 15.7. The van der Waals surface area contributed by atoms with E-state index in [4.69, 9.17) is 0 Å². The number of carbonyl (C=O) groups is 1. The van der Waals surface area contributed by atoms with E-state index in [2.05, 4.69) is 10.1 Å². The molecule has 1 aliphatic rings. The highest BCUT2D eigenvalue weighted by Gasteiger charge is 2.27. The molecule has 33 heavy (non-hydrogen) atoms. The number of amides is 1. The fraction of sp³-hybridized carbons (Fsp3) is 0.208. The van der Waals surface area contributed by atoms with Crippen LogP contribution in [0, 0.1) is 0 Å². The first-order valence-corrected chi connectivity index (χ1v) is 12.1. The molecule has 6 nitrogen and oxygen atoms in total. The normalized spacial score (nSPS) is 14.1. The van der Waals surface area contributed by atoms with Crippen molar-refractivity contribution >= 4 is 21.6 Å². The third kappa shape index (κ3) is 5.14. The Hall–Kier alpha value is -3.46. The average molecular weight is 473 g/mol. The molecule has 0 fully saturated rings. The molecule has 0 bridgehead atoms. The van der Waals surface area contributed by atoms with Crippen molar-refractivity contribution in [3.05, 3.63) is 95.1 Å². The summed E-state index contributed by atoms with van der Waals surface area (Å²) >= 11 is 0. The van der Waals surface area contributed by atoms with E-state index in [0.29, 0.717) is 29.8 Å². The molecule has 3 aromatic carbocycles. The van der Waals surface area contributed by atoms with Gasteiger partial charge in [0, 0.05) is 12.1 Å². The van der Waals surface area contributed by atoms with Crippen LogP contribution in [0.25, 0.3) is 0 Å². The third-order valence-electron chi connectivity index (χ3n) is 5.44. The van der Waals surface area contributed by atoms with Crippen LogP contribution in [0.4, 0.5) is 14.5 Å². The van der Waals surface area contributed by atoms with Crippen molar-refractivity contribution in [3.8, 4) is 5.75 Å². The second-order valence-corrected chi connectivity index (χ2v) is 9.60. The van der Waals surface area contributed by atoms with Gasteiger partial charge in [0.25, 0.3) is 5.91 Å². The van der Waals surface area contributed by atoms with Gasteiger partial charge in [-0.05, 0) is 53.4 Å². The number of alkyl halides is 2. The van der Waals surface area contributed by atoms with Crippen molar-refractivity contribution in [1.29, 1.82) is 0 Å². The minimum Gasteiger partial charge on any atom is -0.435 e. The van der Waals surface area contributed by atoms with Gasteiger partial charge >= 0.3 is 6.61 Å². The number of ether oxygens (including phenoxy) is 1. The molecule has 0 aromatic heterocycles. The van der Waals surface area contributed by atoms with Gasteiger partial charge in [-0.3, -0.25) is 9.10 Å². The number of anilines is 1. The van der Waals surface area contributed by atoms with Gasteiger partial charge in [0.15, 0.2) is 0 Å². The third-order valence-corrected chi connectivity index (χ3v) is 6.62. The van der Waals surface area contributed by atoms with Gasteiger partial charge in [-0.25, -0.2) is 8.42 Å². The van der Waals surface area contributed by atoms with E-state index >= 15 is 0 Å². The standard InChI is InChI=1S/C24H22F2N2O4S/c1-33(30,31)28-14-13-18-15-19(9-12-21(18)28)23(29)27-22(16-5-3-2-4-6-16)17-7-10-20(11-8-17)32-24(25)26/h2-12,15,22,24H,13-14H2,1H3,(H,27,29)/t22-/m0/s1. The highest BCUT2D eigenvalue weighted by Crippen LogP contribution is 2.31. The van der Waals surface area contributed by atoms with E-state index in [0.717, 1.165) is 17.4 Å². The summed E-state index contributed by atoms with van der Waals surface area (Å²) in [4.78, 5) is 13.1. The van der Waals surface area contributed by atoms with Crippen molar-refractivity contribution in [2.24, 2.45) is 0 Å². The first-order valence-electron chi connectivity index (χ1n) is 10.2. The van der Waals surface area contributed by atoms with Crippen LogP contribution >= 0.6 is 0 Å². The lowest BCUT2D eigenvalue weighted by atomic mass is 9.98. The molecule has 0 unspecified atom stereocenters. The van der Waals surface area contributed by atoms with E-state index < -0.39 is 22.7 Å². The van der Waals surface area contributed by atoms with Crippen molar-refractivity contribution in [1.82, 2.24) is 5.32 Å². The van der Waals surface area contributed by atoms with Crippen LogP contribution in [-0.2, 0) is 16.4 Å². The SMILES string of the molecule is CS(=O)(=O)N1CCc2cc(C(=O)N[C@@H](c3ccccc3)c3ccc(OC(F)F)cc3)ccc21. The number of halogens is 2. The maximum absolute atomic E-state index is 13.1. The summed E-state index contributed by atoms with van der Waals surface area (Å²) in [7, 11) is -3.38. The average Bonchev–Trinajstić information content (AvgIpc) is 3.22. The van der Waals surface area contributed by atoms with Crippen molar-refractivity contribution in [3.63, 3.8) is 0 Å². The van der Waals surface area contributed by atoms with E-state index in [-0.39, 0.29) is 11.7 Å². The van der Waals surface area contributed by atoms with Gasteiger partial charge < -0.3 is 10.1 Å². The molecule has 1 aliphatic heterocycles. The lowest BCUT2D eigenvalue weighted by molar-refractivity contribution is -0.0498. The number of benzene rings is 3. The van der Waals surface area contributed by atoms with Gasteiger partial charge in [0.1, 0.15) is 5.75 Å². The Morgan fingerprint density at radius 2 is 1.67 bits per heavy atom. The predicted octanol–water partition coefficient (Wildman–Crippen LogP) is 4.13. The Balaban J connectivity index is 1.60. The fourth-order valence-corrected chi connectivity index (χ4v) is 4.88. The number of hydrogen-bond donors (Lipinski definition) is 1. The fourth-order valence-electron chi connectivity index (χ4n) is 3.92. The monoisotopic (exact) mass is 472 g/mol. The largest absolute Gasteiger partial charge is 0.435 e. The number of sulfonamides is 1. The molecule has 0 spiro atoms. The highest BCUT2D eigenvalue weighted by molar-refractivity contribution is 7.92. The zero-order valence-corrected chi connectivity index (χ0v) is 18.6. The molecule has 4 rings (SSSR count). The van der Waals surface area contributed by atoms with Gasteiger partial charge in [0.05, 0.1) is 18.0 Å². The molecule has 1 heterocycles. The molecule has 9 heteroatoms. The molecule has 0 aliphatic carbocycles. The van der Waals surface area contributed by atoms with Gasteiger partial charge in [-0.15, -0.1) is 0 Å². The van der Waals surface area contributed by atoms with E-state index in [9.17, 15) is 22.0 Å². The van der Waals surface area contributed by atoms with Crippen LogP contribution in [0.3, 0.4) is 0 Å². The highest BCUT2D eigenvalue weighted by atomic mass is 32.2. The minimum absolute atomic E-state index is 0.0286. The van der Waals surface area contributed by atoms with E-state index in [1.54, 1.807) is 30.3 Å². The van der Waals surface area contributed by atoms with Crippen LogP contribution in [0.1, 0.15) is 33.1 Å². The molecule has 1 N–H and O–H groups in total. The summed E-state index contributed by atoms with van der Waals surface area (Å²) in [6.45, 7) is -2.57. The Bertz CT molecular complexity index is 1250.